The van der Waals surface area contributed by atoms with Crippen LogP contribution in [0.2, 0.25) is 0 Å². The summed E-state index contributed by atoms with van der Waals surface area (Å²) >= 11 is 0. The Kier molecular flexibility index (Phi) is 34.5. The molecule has 10 nitrogen and oxygen atoms in total. The van der Waals surface area contributed by atoms with Gasteiger partial charge in [0.25, 0.3) is 0 Å². The van der Waals surface area contributed by atoms with Crippen molar-refractivity contribution in [1.82, 2.24) is 0 Å². The van der Waals surface area contributed by atoms with Crippen LogP contribution < -0.4 is 0 Å². The number of rotatable bonds is 37. The van der Waals surface area contributed by atoms with Gasteiger partial charge in [-0.25, -0.2) is 0 Å². The first-order chi connectivity index (χ1) is 27.3. The lowest BCUT2D eigenvalue weighted by atomic mass is 9.99. The first-order valence-corrected chi connectivity index (χ1v) is 22.6. The number of aliphatic hydroxyl groups is 4. The van der Waals surface area contributed by atoms with E-state index >= 15 is 0 Å². The Morgan fingerprint density at radius 3 is 1.54 bits per heavy atom. The molecule has 326 valence electrons. The van der Waals surface area contributed by atoms with Gasteiger partial charge in [-0.1, -0.05) is 159 Å². The number of carbonyl (C=O) groups excluding carboxylic acids is 2. The lowest BCUT2D eigenvalue weighted by Crippen LogP contribution is -2.59. The van der Waals surface area contributed by atoms with Gasteiger partial charge in [-0.15, -0.1) is 0 Å². The van der Waals surface area contributed by atoms with E-state index in [2.05, 4.69) is 50.3 Å². The highest BCUT2D eigenvalue weighted by Crippen LogP contribution is 2.22. The summed E-state index contributed by atoms with van der Waals surface area (Å²) < 4.78 is 22.1. The molecule has 56 heavy (non-hydrogen) atoms. The van der Waals surface area contributed by atoms with Gasteiger partial charge in [-0.2, -0.15) is 0 Å². The zero-order valence-corrected chi connectivity index (χ0v) is 35.4. The second-order valence-corrected chi connectivity index (χ2v) is 15.5. The van der Waals surface area contributed by atoms with E-state index < -0.39 is 49.4 Å². The molecule has 4 N–H and O–H groups in total. The van der Waals surface area contributed by atoms with Crippen LogP contribution in [0, 0.1) is 0 Å². The minimum Gasteiger partial charge on any atom is -0.462 e. The summed E-state index contributed by atoms with van der Waals surface area (Å²) in [4.78, 5) is 25.3. The third kappa shape index (κ3) is 28.3. The van der Waals surface area contributed by atoms with Gasteiger partial charge in [0.15, 0.2) is 12.4 Å². The van der Waals surface area contributed by atoms with Gasteiger partial charge in [-0.05, 0) is 51.4 Å². The minimum atomic E-state index is -1.60. The summed E-state index contributed by atoms with van der Waals surface area (Å²) in [5.41, 5.74) is 0. The fourth-order valence-electron chi connectivity index (χ4n) is 6.67. The molecule has 0 radical (unpaired) electrons. The average molecular weight is 795 g/mol. The van der Waals surface area contributed by atoms with Crippen molar-refractivity contribution in [1.29, 1.82) is 0 Å². The van der Waals surface area contributed by atoms with Crippen molar-refractivity contribution < 1.29 is 49.0 Å². The third-order valence-corrected chi connectivity index (χ3v) is 10.3. The largest absolute Gasteiger partial charge is 0.462 e. The molecule has 1 fully saturated rings. The Bertz CT molecular complexity index is 1010. The molecule has 6 atom stereocenters. The summed E-state index contributed by atoms with van der Waals surface area (Å²) in [5, 5.41) is 40.0. The second-order valence-electron chi connectivity index (χ2n) is 15.5. The van der Waals surface area contributed by atoms with Crippen LogP contribution in [0.1, 0.15) is 187 Å². The summed E-state index contributed by atoms with van der Waals surface area (Å²) in [6.07, 6.45) is 34.3. The Hall–Kier alpha value is -2.08. The molecule has 0 aromatic heterocycles. The van der Waals surface area contributed by atoms with Gasteiger partial charge in [0, 0.05) is 12.8 Å². The number of hydrogen-bond donors (Lipinski definition) is 4. The predicted octanol–water partition coefficient (Wildman–Crippen LogP) is 9.50. The van der Waals surface area contributed by atoms with Crippen molar-refractivity contribution >= 4 is 11.9 Å². The average Bonchev–Trinajstić information content (AvgIpc) is 3.19. The molecule has 0 saturated carbocycles. The van der Waals surface area contributed by atoms with E-state index in [0.717, 1.165) is 70.6 Å². The molecule has 1 rings (SSSR count). The molecule has 10 heteroatoms. The molecule has 0 bridgehead atoms. The summed E-state index contributed by atoms with van der Waals surface area (Å²) in [5.74, 6) is -0.818. The van der Waals surface area contributed by atoms with Crippen molar-refractivity contribution in [2.75, 3.05) is 19.8 Å². The molecule has 0 aromatic carbocycles. The molecule has 0 aliphatic carbocycles. The molecule has 6 unspecified atom stereocenters. The van der Waals surface area contributed by atoms with E-state index in [9.17, 15) is 30.0 Å². The van der Waals surface area contributed by atoms with Crippen molar-refractivity contribution in [3.05, 3.63) is 36.5 Å². The number of ether oxygens (including phenoxy) is 4. The zero-order valence-electron chi connectivity index (χ0n) is 35.4. The Morgan fingerprint density at radius 1 is 0.554 bits per heavy atom. The number of aliphatic hydroxyl groups excluding tert-OH is 4. The van der Waals surface area contributed by atoms with Gasteiger partial charge in [0.05, 0.1) is 13.2 Å². The van der Waals surface area contributed by atoms with Crippen molar-refractivity contribution in [3.8, 4) is 0 Å². The van der Waals surface area contributed by atoms with E-state index in [1.54, 1.807) is 0 Å². The Morgan fingerprint density at radius 2 is 1.00 bits per heavy atom. The molecule has 0 amide bonds. The number of allylic oxidation sites excluding steroid dienone is 6. The minimum absolute atomic E-state index is 0.217. The van der Waals surface area contributed by atoms with Crippen molar-refractivity contribution in [3.63, 3.8) is 0 Å². The normalized spacial score (nSPS) is 20.7. The van der Waals surface area contributed by atoms with Crippen molar-refractivity contribution in [2.24, 2.45) is 0 Å². The van der Waals surface area contributed by atoms with Gasteiger partial charge in [-0.3, -0.25) is 9.59 Å². The molecular formula is C46H82O10. The molecule has 1 aliphatic heterocycles. The predicted molar refractivity (Wildman–Crippen MR) is 224 cm³/mol. The Balaban J connectivity index is 2.33. The molecule has 1 saturated heterocycles. The lowest BCUT2D eigenvalue weighted by molar-refractivity contribution is -0.305. The van der Waals surface area contributed by atoms with Crippen LogP contribution in [0.15, 0.2) is 36.5 Å². The van der Waals surface area contributed by atoms with Crippen LogP contribution >= 0.6 is 0 Å². The zero-order chi connectivity index (χ0) is 40.9. The first kappa shape index (κ1) is 51.9. The standard InChI is InChI=1S/C46H82O10/c1-3-5-7-9-11-13-15-17-18-19-20-21-22-23-25-27-29-31-33-35-42(49)55-39(38-54-46-45(52)44(51)43(50)40(36-47)56-46)37-53-41(48)34-32-30-28-26-24-16-14-12-10-8-6-4-2/h11,13,17-18,20-21,39-40,43-47,50-52H,3-10,12,14-16,19,22-38H2,1-2H3/b13-11-,18-17-,21-20-. The highest BCUT2D eigenvalue weighted by atomic mass is 16.7. The Labute approximate surface area is 340 Å². The number of esters is 2. The number of hydrogen-bond acceptors (Lipinski definition) is 10. The van der Waals surface area contributed by atoms with E-state index in [4.69, 9.17) is 18.9 Å². The fraction of sp³-hybridized carbons (Fsp3) is 0.826. The monoisotopic (exact) mass is 795 g/mol. The maximum absolute atomic E-state index is 12.8. The molecule has 1 heterocycles. The second kappa shape index (κ2) is 37.2. The van der Waals surface area contributed by atoms with Gasteiger partial charge in [0.1, 0.15) is 31.0 Å². The van der Waals surface area contributed by atoms with Crippen LogP contribution in [0.25, 0.3) is 0 Å². The first-order valence-electron chi connectivity index (χ1n) is 22.6. The van der Waals surface area contributed by atoms with Gasteiger partial charge in [0.2, 0.25) is 0 Å². The third-order valence-electron chi connectivity index (χ3n) is 10.3. The number of unbranched alkanes of at least 4 members (excludes halogenated alkanes) is 20. The SMILES string of the molecule is CCCCC/C=C\C/C=C\C/C=C\CCCCCCCCC(=O)OC(COC(=O)CCCCCCCCCCCCCC)COC1OC(CO)C(O)C(O)C1O. The maximum atomic E-state index is 12.8. The van der Waals surface area contributed by atoms with Gasteiger partial charge < -0.3 is 39.4 Å². The molecule has 0 aromatic rings. The van der Waals surface area contributed by atoms with Crippen LogP contribution in [0.5, 0.6) is 0 Å². The lowest BCUT2D eigenvalue weighted by Gasteiger charge is -2.39. The molecular weight excluding hydrogens is 712 g/mol. The maximum Gasteiger partial charge on any atom is 0.306 e. The van der Waals surface area contributed by atoms with E-state index in [1.165, 1.54) is 83.5 Å². The van der Waals surface area contributed by atoms with Crippen LogP contribution in [0.3, 0.4) is 0 Å². The van der Waals surface area contributed by atoms with Gasteiger partial charge >= 0.3 is 11.9 Å². The quantitative estimate of drug-likeness (QED) is 0.0272. The fourth-order valence-corrected chi connectivity index (χ4v) is 6.67. The van der Waals surface area contributed by atoms with Crippen LogP contribution in [-0.4, -0.2) is 89.0 Å². The topological polar surface area (TPSA) is 152 Å². The van der Waals surface area contributed by atoms with Crippen molar-refractivity contribution in [2.45, 2.75) is 224 Å². The number of carbonyl (C=O) groups is 2. The smallest absolute Gasteiger partial charge is 0.306 e. The summed E-state index contributed by atoms with van der Waals surface area (Å²) in [7, 11) is 0. The summed E-state index contributed by atoms with van der Waals surface area (Å²) in [6.45, 7) is 3.38. The highest BCUT2D eigenvalue weighted by molar-refractivity contribution is 5.70. The summed E-state index contributed by atoms with van der Waals surface area (Å²) in [6, 6.07) is 0. The van der Waals surface area contributed by atoms with Crippen LogP contribution in [-0.2, 0) is 28.5 Å². The van der Waals surface area contributed by atoms with Crippen LogP contribution in [0.4, 0.5) is 0 Å². The molecule has 1 aliphatic rings. The molecule has 0 spiro atoms. The highest BCUT2D eigenvalue weighted by Gasteiger charge is 2.44. The van der Waals surface area contributed by atoms with E-state index in [0.29, 0.717) is 6.42 Å². The van der Waals surface area contributed by atoms with E-state index in [-0.39, 0.29) is 32.0 Å². The van der Waals surface area contributed by atoms with E-state index in [1.807, 2.05) is 0 Å².